The van der Waals surface area contributed by atoms with Gasteiger partial charge in [0.25, 0.3) is 0 Å². The molecule has 0 spiro atoms. The molecule has 0 saturated carbocycles. The van der Waals surface area contributed by atoms with Crippen LogP contribution in [0.3, 0.4) is 0 Å². The molecule has 0 amide bonds. The Kier molecular flexibility index (Phi) is 7.10. The number of ether oxygens (including phenoxy) is 1. The number of alkyl halides is 3. The second kappa shape index (κ2) is 10.2. The van der Waals surface area contributed by atoms with Crippen LogP contribution in [0.5, 0.6) is 0 Å². The van der Waals surface area contributed by atoms with E-state index < -0.39 is 17.6 Å². The minimum absolute atomic E-state index is 0.195. The Morgan fingerprint density at radius 1 is 1.03 bits per heavy atom. The highest BCUT2D eigenvalue weighted by molar-refractivity contribution is 5.78. The van der Waals surface area contributed by atoms with E-state index >= 15 is 0 Å². The van der Waals surface area contributed by atoms with Gasteiger partial charge in [-0.2, -0.15) is 23.3 Å². The summed E-state index contributed by atoms with van der Waals surface area (Å²) in [4.78, 5) is 16.0. The molecule has 1 saturated heterocycles. The summed E-state index contributed by atoms with van der Waals surface area (Å²) in [5.74, 6) is -0.110. The van der Waals surface area contributed by atoms with Crippen molar-refractivity contribution in [2.24, 2.45) is 5.10 Å². The zero-order valence-electron chi connectivity index (χ0n) is 19.1. The number of pyridine rings is 1. The second-order valence-corrected chi connectivity index (χ2v) is 7.76. The van der Waals surface area contributed by atoms with E-state index in [9.17, 15) is 17.6 Å². The van der Waals surface area contributed by atoms with Gasteiger partial charge in [-0.1, -0.05) is 6.07 Å². The fraction of sp³-hybridized carbons (Fsp3) is 0.304. The molecule has 1 fully saturated rings. The van der Waals surface area contributed by atoms with Gasteiger partial charge in [-0.3, -0.25) is 4.98 Å². The Morgan fingerprint density at radius 3 is 2.49 bits per heavy atom. The highest BCUT2D eigenvalue weighted by atomic mass is 19.4. The van der Waals surface area contributed by atoms with Crippen LogP contribution in [0.15, 0.2) is 53.9 Å². The predicted octanol–water partition coefficient (Wildman–Crippen LogP) is 4.10. The van der Waals surface area contributed by atoms with E-state index in [1.165, 1.54) is 23.5 Å². The summed E-state index contributed by atoms with van der Waals surface area (Å²) in [5.41, 5.74) is 0.772. The average Bonchev–Trinajstić information content (AvgIpc) is 2.87. The fourth-order valence-corrected chi connectivity index (χ4v) is 3.41. The van der Waals surface area contributed by atoms with E-state index in [2.05, 4.69) is 20.1 Å². The van der Waals surface area contributed by atoms with Crippen molar-refractivity contribution in [2.45, 2.75) is 6.18 Å². The maximum absolute atomic E-state index is 14.2. The standard InChI is InChI=1S/C23H23F4N7O/c1-32(18-5-3-4-16(12-18)23(25,26)27)19-7-6-17(28-14-19)13-30-33(2)22-29-15-20(24)21(31-22)34-8-10-35-11-9-34/h3-7,12-15H,8-11H2,1-2H3/b30-13+. The summed E-state index contributed by atoms with van der Waals surface area (Å²) >= 11 is 0. The molecular formula is C23H23F4N7O. The summed E-state index contributed by atoms with van der Waals surface area (Å²) in [7, 11) is 3.29. The lowest BCUT2D eigenvalue weighted by molar-refractivity contribution is -0.137. The van der Waals surface area contributed by atoms with Crippen molar-refractivity contribution < 1.29 is 22.3 Å². The first-order chi connectivity index (χ1) is 16.7. The summed E-state index contributed by atoms with van der Waals surface area (Å²) < 4.78 is 58.6. The molecule has 12 heteroatoms. The van der Waals surface area contributed by atoms with Gasteiger partial charge in [0.05, 0.1) is 48.8 Å². The van der Waals surface area contributed by atoms with Gasteiger partial charge < -0.3 is 14.5 Å². The van der Waals surface area contributed by atoms with Crippen molar-refractivity contribution in [1.29, 1.82) is 0 Å². The van der Waals surface area contributed by atoms with Crippen molar-refractivity contribution >= 4 is 29.4 Å². The number of aromatic nitrogens is 3. The van der Waals surface area contributed by atoms with Crippen molar-refractivity contribution in [1.82, 2.24) is 15.0 Å². The number of anilines is 4. The topological polar surface area (TPSA) is 70.0 Å². The van der Waals surface area contributed by atoms with Crippen LogP contribution in [0, 0.1) is 5.82 Å². The minimum atomic E-state index is -4.42. The number of hydrogen-bond acceptors (Lipinski definition) is 8. The van der Waals surface area contributed by atoms with Crippen LogP contribution >= 0.6 is 0 Å². The monoisotopic (exact) mass is 489 g/mol. The number of benzene rings is 1. The Balaban J connectivity index is 1.45. The van der Waals surface area contributed by atoms with Crippen LogP contribution in [-0.2, 0) is 10.9 Å². The largest absolute Gasteiger partial charge is 0.416 e. The minimum Gasteiger partial charge on any atom is -0.378 e. The van der Waals surface area contributed by atoms with Crippen LogP contribution in [0.2, 0.25) is 0 Å². The molecule has 0 unspecified atom stereocenters. The van der Waals surface area contributed by atoms with E-state index in [0.717, 1.165) is 18.3 Å². The van der Waals surface area contributed by atoms with E-state index in [1.807, 2.05) is 0 Å². The van der Waals surface area contributed by atoms with Crippen LogP contribution in [0.1, 0.15) is 11.3 Å². The summed E-state index contributed by atoms with van der Waals surface area (Å²) in [6.45, 7) is 2.06. The lowest BCUT2D eigenvalue weighted by Crippen LogP contribution is -2.37. The molecule has 35 heavy (non-hydrogen) atoms. The molecule has 0 atom stereocenters. The molecule has 0 radical (unpaired) electrons. The summed E-state index contributed by atoms with van der Waals surface area (Å²) in [6.07, 6.45) is -0.295. The normalized spacial score (nSPS) is 14.4. The van der Waals surface area contributed by atoms with Crippen LogP contribution in [-0.4, -0.2) is 61.6 Å². The van der Waals surface area contributed by atoms with Gasteiger partial charge in [0.1, 0.15) is 0 Å². The predicted molar refractivity (Wildman–Crippen MR) is 125 cm³/mol. The van der Waals surface area contributed by atoms with Crippen molar-refractivity contribution in [3.8, 4) is 0 Å². The Morgan fingerprint density at radius 2 is 1.80 bits per heavy atom. The molecule has 3 aromatic rings. The number of rotatable bonds is 6. The summed E-state index contributed by atoms with van der Waals surface area (Å²) in [5, 5.41) is 5.66. The van der Waals surface area contributed by atoms with Gasteiger partial charge in [-0.25, -0.2) is 14.4 Å². The zero-order chi connectivity index (χ0) is 25.0. The number of morpholine rings is 1. The highest BCUT2D eigenvalue weighted by Crippen LogP contribution is 2.33. The molecule has 8 nitrogen and oxygen atoms in total. The SMILES string of the molecule is CN(/N=C/c1ccc(N(C)c2cccc(C(F)(F)F)c2)cn1)c1ncc(F)c(N2CCOCC2)n1. The maximum atomic E-state index is 14.2. The first kappa shape index (κ1) is 24.3. The van der Waals surface area contributed by atoms with Gasteiger partial charge >= 0.3 is 6.18 Å². The van der Waals surface area contributed by atoms with Gasteiger partial charge in [0.15, 0.2) is 11.6 Å². The molecule has 1 aliphatic rings. The molecule has 3 heterocycles. The third-order valence-corrected chi connectivity index (χ3v) is 5.39. The highest BCUT2D eigenvalue weighted by Gasteiger charge is 2.30. The Bertz CT molecular complexity index is 1180. The Labute approximate surface area is 199 Å². The van der Waals surface area contributed by atoms with E-state index in [0.29, 0.717) is 43.4 Å². The lowest BCUT2D eigenvalue weighted by atomic mass is 10.1. The van der Waals surface area contributed by atoms with Gasteiger partial charge in [-0.15, -0.1) is 0 Å². The molecule has 1 aromatic carbocycles. The van der Waals surface area contributed by atoms with Gasteiger partial charge in [-0.05, 0) is 30.3 Å². The van der Waals surface area contributed by atoms with Crippen LogP contribution < -0.4 is 14.8 Å². The quantitative estimate of drug-likeness (QED) is 0.293. The third kappa shape index (κ3) is 5.83. The zero-order valence-corrected chi connectivity index (χ0v) is 19.1. The first-order valence-corrected chi connectivity index (χ1v) is 10.7. The van der Waals surface area contributed by atoms with Crippen molar-refractivity contribution in [3.63, 3.8) is 0 Å². The van der Waals surface area contributed by atoms with E-state index in [1.54, 1.807) is 42.1 Å². The Hall–Kier alpha value is -3.80. The molecule has 2 aromatic heterocycles. The lowest BCUT2D eigenvalue weighted by Gasteiger charge is -2.28. The van der Waals surface area contributed by atoms with E-state index in [-0.39, 0.29) is 11.8 Å². The van der Waals surface area contributed by atoms with Crippen LogP contribution in [0.4, 0.5) is 40.7 Å². The van der Waals surface area contributed by atoms with Crippen molar-refractivity contribution in [2.75, 3.05) is 55.2 Å². The number of halogens is 4. The number of hydrogen-bond donors (Lipinski definition) is 0. The molecule has 0 aliphatic carbocycles. The molecular weight excluding hydrogens is 466 g/mol. The van der Waals surface area contributed by atoms with Crippen LogP contribution in [0.25, 0.3) is 0 Å². The van der Waals surface area contributed by atoms with Gasteiger partial charge in [0.2, 0.25) is 5.95 Å². The average molecular weight is 489 g/mol. The summed E-state index contributed by atoms with van der Waals surface area (Å²) in [6, 6.07) is 8.47. The first-order valence-electron chi connectivity index (χ1n) is 10.7. The second-order valence-electron chi connectivity index (χ2n) is 7.76. The molecule has 184 valence electrons. The molecule has 4 rings (SSSR count). The van der Waals surface area contributed by atoms with Gasteiger partial charge in [0, 0.05) is 32.9 Å². The third-order valence-electron chi connectivity index (χ3n) is 5.39. The van der Waals surface area contributed by atoms with E-state index in [4.69, 9.17) is 4.74 Å². The molecule has 0 N–H and O–H groups in total. The molecule has 0 bridgehead atoms. The molecule has 1 aliphatic heterocycles. The smallest absolute Gasteiger partial charge is 0.378 e. The fourth-order valence-electron chi connectivity index (χ4n) is 3.41. The van der Waals surface area contributed by atoms with Crippen molar-refractivity contribution in [3.05, 3.63) is 65.9 Å². The number of nitrogens with zero attached hydrogens (tertiary/aromatic N) is 7. The maximum Gasteiger partial charge on any atom is 0.416 e. The number of hydrazone groups is 1.